The largest absolute Gasteiger partial charge is 0.492 e. The van der Waals surface area contributed by atoms with Gasteiger partial charge >= 0.3 is 6.03 Å². The third-order valence-electron chi connectivity index (χ3n) is 3.01. The Hall–Kier alpha value is -1.75. The predicted octanol–water partition coefficient (Wildman–Crippen LogP) is 2.52. The van der Waals surface area contributed by atoms with Gasteiger partial charge in [-0.15, -0.1) is 0 Å². The molecule has 0 aromatic heterocycles. The van der Waals surface area contributed by atoms with E-state index in [-0.39, 0.29) is 6.03 Å². The van der Waals surface area contributed by atoms with Gasteiger partial charge in [0.1, 0.15) is 12.4 Å². The third-order valence-corrected chi connectivity index (χ3v) is 3.01. The zero-order chi connectivity index (χ0) is 15.5. The van der Waals surface area contributed by atoms with Crippen molar-refractivity contribution in [3.05, 3.63) is 29.8 Å². The molecule has 21 heavy (non-hydrogen) atoms. The normalized spacial score (nSPS) is 10.5. The summed E-state index contributed by atoms with van der Waals surface area (Å²) in [6.45, 7) is 6.50. The topological polar surface area (TPSA) is 59.6 Å². The molecule has 0 atom stereocenters. The van der Waals surface area contributed by atoms with E-state index in [2.05, 4.69) is 36.6 Å². The highest BCUT2D eigenvalue weighted by Crippen LogP contribution is 2.18. The lowest BCUT2D eigenvalue weighted by Crippen LogP contribution is -2.38. The molecule has 5 heteroatoms. The number of amides is 2. The van der Waals surface area contributed by atoms with E-state index in [1.54, 1.807) is 7.11 Å². The minimum absolute atomic E-state index is 0.176. The second kappa shape index (κ2) is 10.0. The van der Waals surface area contributed by atoms with Gasteiger partial charge in [-0.3, -0.25) is 0 Å². The molecule has 0 bridgehead atoms. The molecule has 0 heterocycles. The summed E-state index contributed by atoms with van der Waals surface area (Å²) in [4.78, 5) is 11.4. The van der Waals surface area contributed by atoms with Crippen LogP contribution in [0.4, 0.5) is 4.79 Å². The summed E-state index contributed by atoms with van der Waals surface area (Å²) >= 11 is 0. The zero-order valence-electron chi connectivity index (χ0n) is 13.1. The summed E-state index contributed by atoms with van der Waals surface area (Å²) in [5, 5.41) is 5.49. The Kier molecular flexibility index (Phi) is 8.28. The minimum Gasteiger partial charge on any atom is -0.492 e. The van der Waals surface area contributed by atoms with Crippen molar-refractivity contribution < 1.29 is 14.3 Å². The highest BCUT2D eigenvalue weighted by Gasteiger charge is 2.01. The van der Waals surface area contributed by atoms with Crippen LogP contribution in [0.25, 0.3) is 0 Å². The van der Waals surface area contributed by atoms with Gasteiger partial charge in [0.2, 0.25) is 0 Å². The van der Waals surface area contributed by atoms with Crippen molar-refractivity contribution in [3.63, 3.8) is 0 Å². The molecule has 2 amide bonds. The first-order chi connectivity index (χ1) is 10.1. The molecule has 1 rings (SSSR count). The maximum Gasteiger partial charge on any atom is 0.314 e. The Morgan fingerprint density at radius 1 is 1.10 bits per heavy atom. The Balaban J connectivity index is 2.12. The van der Waals surface area contributed by atoms with Crippen molar-refractivity contribution in [2.45, 2.75) is 26.2 Å². The van der Waals surface area contributed by atoms with Gasteiger partial charge in [0.15, 0.2) is 0 Å². The Labute approximate surface area is 127 Å². The van der Waals surface area contributed by atoms with E-state index in [0.717, 1.165) is 12.2 Å². The average Bonchev–Trinajstić information content (AvgIpc) is 2.48. The Morgan fingerprint density at radius 3 is 2.38 bits per heavy atom. The molecular weight excluding hydrogens is 268 g/mol. The quantitative estimate of drug-likeness (QED) is 0.688. The molecule has 0 saturated carbocycles. The lowest BCUT2D eigenvalue weighted by molar-refractivity contribution is 0.193. The summed E-state index contributed by atoms with van der Waals surface area (Å²) < 4.78 is 10.5. The number of ether oxygens (including phenoxy) is 2. The zero-order valence-corrected chi connectivity index (χ0v) is 13.1. The van der Waals surface area contributed by atoms with Crippen LogP contribution < -0.4 is 15.4 Å². The van der Waals surface area contributed by atoms with Crippen LogP contribution in [0.5, 0.6) is 5.75 Å². The smallest absolute Gasteiger partial charge is 0.314 e. The monoisotopic (exact) mass is 294 g/mol. The number of hydrogen-bond donors (Lipinski definition) is 2. The molecule has 0 fully saturated rings. The van der Waals surface area contributed by atoms with Crippen LogP contribution in [0.1, 0.15) is 31.7 Å². The lowest BCUT2D eigenvalue weighted by Gasteiger charge is -2.10. The van der Waals surface area contributed by atoms with Gasteiger partial charge in [0.05, 0.1) is 6.54 Å². The number of benzene rings is 1. The molecule has 0 radical (unpaired) electrons. The van der Waals surface area contributed by atoms with Gasteiger partial charge in [-0.05, 0) is 30.0 Å². The average molecular weight is 294 g/mol. The Morgan fingerprint density at radius 2 is 1.76 bits per heavy atom. The molecule has 0 spiro atoms. The maximum absolute atomic E-state index is 11.4. The SMILES string of the molecule is COCCCNC(=O)NCCOc1ccc(C(C)C)cc1. The van der Waals surface area contributed by atoms with Gasteiger partial charge in [0.25, 0.3) is 0 Å². The number of carbonyl (C=O) groups excluding carboxylic acids is 1. The molecular formula is C16H26N2O3. The molecule has 0 aliphatic carbocycles. The molecule has 0 saturated heterocycles. The Bertz CT molecular complexity index is 404. The van der Waals surface area contributed by atoms with Crippen molar-refractivity contribution in [1.29, 1.82) is 0 Å². The second-order valence-corrected chi connectivity index (χ2v) is 5.10. The van der Waals surface area contributed by atoms with Crippen LogP contribution in [-0.2, 0) is 4.74 Å². The number of rotatable bonds is 9. The van der Waals surface area contributed by atoms with E-state index in [1.807, 2.05) is 12.1 Å². The fraction of sp³-hybridized carbons (Fsp3) is 0.562. The number of hydrogen-bond acceptors (Lipinski definition) is 3. The number of nitrogens with one attached hydrogen (secondary N) is 2. The maximum atomic E-state index is 11.4. The first-order valence-electron chi connectivity index (χ1n) is 7.37. The fourth-order valence-corrected chi connectivity index (χ4v) is 1.76. The van der Waals surface area contributed by atoms with Crippen LogP contribution in [0.15, 0.2) is 24.3 Å². The van der Waals surface area contributed by atoms with E-state index in [9.17, 15) is 4.79 Å². The third kappa shape index (κ3) is 7.56. The van der Waals surface area contributed by atoms with Gasteiger partial charge in [-0.1, -0.05) is 26.0 Å². The highest BCUT2D eigenvalue weighted by molar-refractivity contribution is 5.73. The molecule has 118 valence electrons. The van der Waals surface area contributed by atoms with Gasteiger partial charge in [0, 0.05) is 20.3 Å². The summed E-state index contributed by atoms with van der Waals surface area (Å²) in [7, 11) is 1.64. The second-order valence-electron chi connectivity index (χ2n) is 5.10. The molecule has 0 unspecified atom stereocenters. The summed E-state index contributed by atoms with van der Waals surface area (Å²) in [5.41, 5.74) is 1.29. The van der Waals surface area contributed by atoms with Crippen molar-refractivity contribution in [3.8, 4) is 5.75 Å². The predicted molar refractivity (Wildman–Crippen MR) is 83.9 cm³/mol. The first kappa shape index (κ1) is 17.3. The molecule has 5 nitrogen and oxygen atoms in total. The van der Waals surface area contributed by atoms with Gasteiger partial charge < -0.3 is 20.1 Å². The fourth-order valence-electron chi connectivity index (χ4n) is 1.76. The number of methoxy groups -OCH3 is 1. The number of urea groups is 1. The highest BCUT2D eigenvalue weighted by atomic mass is 16.5. The molecule has 2 N–H and O–H groups in total. The molecule has 1 aromatic carbocycles. The van der Waals surface area contributed by atoms with Crippen molar-refractivity contribution in [2.24, 2.45) is 0 Å². The van der Waals surface area contributed by atoms with Crippen molar-refractivity contribution >= 4 is 6.03 Å². The van der Waals surface area contributed by atoms with E-state index >= 15 is 0 Å². The van der Waals surface area contributed by atoms with Crippen LogP contribution in [-0.4, -0.2) is 39.4 Å². The molecule has 0 aliphatic rings. The van der Waals surface area contributed by atoms with E-state index in [0.29, 0.717) is 32.2 Å². The first-order valence-corrected chi connectivity index (χ1v) is 7.37. The standard InChI is InChI=1S/C16H26N2O3/c1-13(2)14-5-7-15(8-6-14)21-12-10-18-16(19)17-9-4-11-20-3/h5-8,13H,4,9-12H2,1-3H3,(H2,17,18,19). The molecule has 0 aliphatic heterocycles. The molecule has 1 aromatic rings. The van der Waals surface area contributed by atoms with E-state index < -0.39 is 0 Å². The van der Waals surface area contributed by atoms with Crippen molar-refractivity contribution in [1.82, 2.24) is 10.6 Å². The summed E-state index contributed by atoms with van der Waals surface area (Å²) in [6.07, 6.45) is 0.808. The lowest BCUT2D eigenvalue weighted by atomic mass is 10.0. The van der Waals surface area contributed by atoms with Crippen LogP contribution in [0.3, 0.4) is 0 Å². The summed E-state index contributed by atoms with van der Waals surface area (Å²) in [5.74, 6) is 1.34. The van der Waals surface area contributed by atoms with Crippen LogP contribution in [0, 0.1) is 0 Å². The van der Waals surface area contributed by atoms with Crippen molar-refractivity contribution in [2.75, 3.05) is 33.4 Å². The summed E-state index contributed by atoms with van der Waals surface area (Å²) in [6, 6.07) is 7.87. The van der Waals surface area contributed by atoms with Crippen LogP contribution >= 0.6 is 0 Å². The van der Waals surface area contributed by atoms with E-state index in [1.165, 1.54) is 5.56 Å². The van der Waals surface area contributed by atoms with Gasteiger partial charge in [-0.25, -0.2) is 4.79 Å². The van der Waals surface area contributed by atoms with E-state index in [4.69, 9.17) is 9.47 Å². The van der Waals surface area contributed by atoms with Crippen LogP contribution in [0.2, 0.25) is 0 Å². The van der Waals surface area contributed by atoms with Gasteiger partial charge in [-0.2, -0.15) is 0 Å². The minimum atomic E-state index is -0.176. The number of carbonyl (C=O) groups is 1.